The topological polar surface area (TPSA) is 60.0 Å². The van der Waals surface area contributed by atoms with Crippen molar-refractivity contribution in [3.05, 3.63) is 36.5 Å². The van der Waals surface area contributed by atoms with E-state index >= 15 is 0 Å². The molecule has 0 aromatic heterocycles. The van der Waals surface area contributed by atoms with Crippen LogP contribution in [-0.4, -0.2) is 70.7 Å². The monoisotopic (exact) mass is 705 g/mol. The normalized spacial score (nSPS) is 12.7. The molecular formula is C44H84N2O4. The van der Waals surface area contributed by atoms with Crippen molar-refractivity contribution in [1.82, 2.24) is 10.2 Å². The number of nitrogens with one attached hydrogen (secondary N) is 1. The van der Waals surface area contributed by atoms with Crippen molar-refractivity contribution in [3.8, 4) is 0 Å². The van der Waals surface area contributed by atoms with Crippen LogP contribution >= 0.6 is 0 Å². The van der Waals surface area contributed by atoms with Gasteiger partial charge in [0, 0.05) is 26.3 Å². The molecule has 6 nitrogen and oxygen atoms in total. The van der Waals surface area contributed by atoms with Gasteiger partial charge in [0.2, 0.25) is 0 Å². The lowest BCUT2D eigenvalue weighted by Gasteiger charge is -2.19. The summed E-state index contributed by atoms with van der Waals surface area (Å²) in [5, 5.41) is 2.81. The van der Waals surface area contributed by atoms with Crippen LogP contribution in [0.2, 0.25) is 0 Å². The number of hydrogen-bond donors (Lipinski definition) is 1. The molecule has 0 spiro atoms. The minimum absolute atomic E-state index is 0.220. The molecule has 0 saturated heterocycles. The molecule has 1 atom stereocenters. The minimum atomic E-state index is -0.386. The average Bonchev–Trinajstić information content (AvgIpc) is 3.10. The number of carbonyl (C=O) groups is 1. The van der Waals surface area contributed by atoms with E-state index in [0.29, 0.717) is 19.8 Å². The van der Waals surface area contributed by atoms with E-state index in [-0.39, 0.29) is 18.8 Å². The Morgan fingerprint density at radius 3 is 1.54 bits per heavy atom. The first-order valence-corrected chi connectivity index (χ1v) is 21.3. The van der Waals surface area contributed by atoms with Gasteiger partial charge >= 0.3 is 6.09 Å². The largest absolute Gasteiger partial charge is 0.447 e. The molecule has 0 aliphatic carbocycles. The molecule has 1 amide bonds. The Morgan fingerprint density at radius 2 is 1.00 bits per heavy atom. The van der Waals surface area contributed by atoms with Crippen LogP contribution in [0.3, 0.4) is 0 Å². The number of hydrogen-bond acceptors (Lipinski definition) is 5. The Kier molecular flexibility index (Phi) is 40.4. The second kappa shape index (κ2) is 41.8. The number of likely N-dealkylation sites (N-methyl/N-ethyl adjacent to an activating group) is 1. The summed E-state index contributed by atoms with van der Waals surface area (Å²) < 4.78 is 17.6. The highest BCUT2D eigenvalue weighted by Crippen LogP contribution is 2.12. The number of carbonyl (C=O) groups excluding carboxylic acids is 1. The Labute approximate surface area is 311 Å². The van der Waals surface area contributed by atoms with Gasteiger partial charge in [-0.05, 0) is 84.7 Å². The second-order valence-electron chi connectivity index (χ2n) is 14.4. The van der Waals surface area contributed by atoms with E-state index in [1.54, 1.807) is 0 Å². The maximum absolute atomic E-state index is 12.1. The number of amides is 1. The molecule has 0 radical (unpaired) electrons. The van der Waals surface area contributed by atoms with Crippen LogP contribution in [0, 0.1) is 0 Å². The zero-order valence-electron chi connectivity index (χ0n) is 33.7. The Morgan fingerprint density at radius 1 is 0.560 bits per heavy atom. The van der Waals surface area contributed by atoms with E-state index in [4.69, 9.17) is 14.2 Å². The molecule has 0 rings (SSSR count). The quantitative estimate of drug-likeness (QED) is 0.0510. The number of nitrogens with zero attached hydrogens (tertiary/aromatic N) is 1. The van der Waals surface area contributed by atoms with E-state index in [9.17, 15) is 4.79 Å². The molecule has 0 aromatic carbocycles. The number of allylic oxidation sites excluding steroid dienone is 6. The fourth-order valence-electron chi connectivity index (χ4n) is 5.75. The lowest BCUT2D eigenvalue weighted by molar-refractivity contribution is -0.0468. The first-order valence-electron chi connectivity index (χ1n) is 21.3. The highest BCUT2D eigenvalue weighted by atomic mass is 16.6. The predicted octanol–water partition coefficient (Wildman–Crippen LogP) is 12.5. The molecule has 6 heteroatoms. The molecule has 0 aliphatic heterocycles. The van der Waals surface area contributed by atoms with Gasteiger partial charge in [-0.2, -0.15) is 0 Å². The van der Waals surface area contributed by atoms with E-state index in [2.05, 4.69) is 55.6 Å². The van der Waals surface area contributed by atoms with Crippen LogP contribution in [0.4, 0.5) is 4.79 Å². The summed E-state index contributed by atoms with van der Waals surface area (Å²) in [4.78, 5) is 14.2. The number of rotatable bonds is 39. The molecule has 50 heavy (non-hydrogen) atoms. The zero-order chi connectivity index (χ0) is 36.4. The summed E-state index contributed by atoms with van der Waals surface area (Å²) in [7, 11) is 3.97. The van der Waals surface area contributed by atoms with Crippen LogP contribution in [0.1, 0.15) is 181 Å². The summed E-state index contributed by atoms with van der Waals surface area (Å²) >= 11 is 0. The Balaban J connectivity index is 3.97. The molecule has 0 fully saturated rings. The van der Waals surface area contributed by atoms with E-state index in [0.717, 1.165) is 32.4 Å². The third-order valence-corrected chi connectivity index (χ3v) is 9.03. The van der Waals surface area contributed by atoms with E-state index in [1.807, 2.05) is 19.0 Å². The minimum Gasteiger partial charge on any atom is -0.447 e. The van der Waals surface area contributed by atoms with Crippen molar-refractivity contribution in [3.63, 3.8) is 0 Å². The smallest absolute Gasteiger partial charge is 0.407 e. The van der Waals surface area contributed by atoms with E-state index in [1.165, 1.54) is 148 Å². The van der Waals surface area contributed by atoms with Gasteiger partial charge < -0.3 is 24.4 Å². The first-order chi connectivity index (χ1) is 24.6. The van der Waals surface area contributed by atoms with Gasteiger partial charge in [-0.15, -0.1) is 0 Å². The predicted molar refractivity (Wildman–Crippen MR) is 217 cm³/mol. The summed E-state index contributed by atoms with van der Waals surface area (Å²) in [6.45, 7) is 8.00. The van der Waals surface area contributed by atoms with Gasteiger partial charge in [0.05, 0.1) is 6.61 Å². The average molecular weight is 705 g/mol. The van der Waals surface area contributed by atoms with Gasteiger partial charge in [-0.1, -0.05) is 147 Å². The second-order valence-corrected chi connectivity index (χ2v) is 14.4. The maximum Gasteiger partial charge on any atom is 0.407 e. The Bertz CT molecular complexity index is 767. The summed E-state index contributed by atoms with van der Waals surface area (Å²) in [5.74, 6) is 0. The third kappa shape index (κ3) is 40.8. The molecule has 1 unspecified atom stereocenters. The van der Waals surface area contributed by atoms with E-state index < -0.39 is 0 Å². The summed E-state index contributed by atoms with van der Waals surface area (Å²) in [5.41, 5.74) is 0. The van der Waals surface area contributed by atoms with Crippen LogP contribution < -0.4 is 5.32 Å². The lowest BCUT2D eigenvalue weighted by Crippen LogP contribution is -2.35. The molecule has 0 aliphatic rings. The number of alkyl carbamates (subject to hydrolysis) is 1. The van der Waals surface area contributed by atoms with Gasteiger partial charge in [0.15, 0.2) is 0 Å². The van der Waals surface area contributed by atoms with Crippen LogP contribution in [0.15, 0.2) is 36.5 Å². The van der Waals surface area contributed by atoms with Crippen molar-refractivity contribution in [2.24, 2.45) is 0 Å². The number of unbranched alkanes of at least 4 members (excludes halogenated alkanes) is 21. The SMILES string of the molecule is CCCCC/C=C\C/C=C\CCCCCCCCOCC(COC(=O)NCCN(C)C)OCCCCCCCC/C=C\CCCCCCCC. The highest BCUT2D eigenvalue weighted by Gasteiger charge is 2.13. The fourth-order valence-corrected chi connectivity index (χ4v) is 5.75. The van der Waals surface area contributed by atoms with Crippen LogP contribution in [0.5, 0.6) is 0 Å². The van der Waals surface area contributed by atoms with Crippen LogP contribution in [-0.2, 0) is 14.2 Å². The van der Waals surface area contributed by atoms with Gasteiger partial charge in [-0.3, -0.25) is 0 Å². The van der Waals surface area contributed by atoms with Crippen molar-refractivity contribution in [2.75, 3.05) is 53.6 Å². The van der Waals surface area contributed by atoms with Crippen LogP contribution in [0.25, 0.3) is 0 Å². The lowest BCUT2D eigenvalue weighted by atomic mass is 10.1. The van der Waals surface area contributed by atoms with Gasteiger partial charge in [0.1, 0.15) is 12.7 Å². The highest BCUT2D eigenvalue weighted by molar-refractivity contribution is 5.67. The first kappa shape index (κ1) is 48.4. The van der Waals surface area contributed by atoms with Crippen molar-refractivity contribution < 1.29 is 19.0 Å². The number of ether oxygens (including phenoxy) is 3. The van der Waals surface area contributed by atoms with Crippen molar-refractivity contribution >= 4 is 6.09 Å². The molecular weight excluding hydrogens is 620 g/mol. The summed E-state index contributed by atoms with van der Waals surface area (Å²) in [6, 6.07) is 0. The third-order valence-electron chi connectivity index (χ3n) is 9.03. The molecule has 294 valence electrons. The molecule has 0 saturated carbocycles. The molecule has 0 aromatic rings. The Hall–Kier alpha value is -1.63. The van der Waals surface area contributed by atoms with Crippen molar-refractivity contribution in [1.29, 1.82) is 0 Å². The molecule has 1 N–H and O–H groups in total. The molecule has 0 bridgehead atoms. The van der Waals surface area contributed by atoms with Gasteiger partial charge in [-0.25, -0.2) is 4.79 Å². The molecule has 0 heterocycles. The zero-order valence-corrected chi connectivity index (χ0v) is 33.7. The summed E-state index contributed by atoms with van der Waals surface area (Å²) in [6.07, 6.45) is 46.5. The van der Waals surface area contributed by atoms with Gasteiger partial charge in [0.25, 0.3) is 0 Å². The standard InChI is InChI=1S/C44H84N2O4/c1-5-7-9-11-13-15-17-19-21-23-25-27-29-31-33-35-39-48-41-43(42-50-44(47)45-37-38-46(3)4)49-40-36-34-32-30-28-26-24-22-20-18-16-14-12-10-8-6-2/h13,15,19-22,43H,5-12,14,16-18,23-42H2,1-4H3,(H,45,47)/b15-13-,21-19-,22-20-. The maximum atomic E-state index is 12.1. The van der Waals surface area contributed by atoms with Crippen molar-refractivity contribution in [2.45, 2.75) is 187 Å². The fraction of sp³-hybridized carbons (Fsp3) is 0.841.